The number of hydrogen-bond acceptors (Lipinski definition) is 19. The van der Waals surface area contributed by atoms with Crippen LogP contribution in [0.5, 0.6) is 0 Å². The number of hydrogen-bond donors (Lipinski definition) is 3. The van der Waals surface area contributed by atoms with Crippen molar-refractivity contribution in [2.75, 3.05) is 28.4 Å². The normalized spacial score (nSPS) is 35.0. The van der Waals surface area contributed by atoms with E-state index in [2.05, 4.69) is 43.3 Å². The number of carboxylic acids is 2. The third-order valence-electron chi connectivity index (χ3n) is 19.9. The molecule has 18 atom stereocenters. The molecule has 0 spiro atoms. The molecule has 21 nitrogen and oxygen atoms in total. The van der Waals surface area contributed by atoms with Crippen molar-refractivity contribution in [3.63, 3.8) is 0 Å². The highest BCUT2D eigenvalue weighted by Gasteiger charge is 2.55. The first-order chi connectivity index (χ1) is 42.3. The molecule has 7 saturated carbocycles. The molecule has 0 amide bonds. The van der Waals surface area contributed by atoms with Crippen LogP contribution < -0.4 is 5.73 Å². The first-order valence-corrected chi connectivity index (χ1v) is 29.9. The molecule has 4 N–H and O–H groups in total. The van der Waals surface area contributed by atoms with Gasteiger partial charge in [0.2, 0.25) is 0 Å². The van der Waals surface area contributed by atoms with Gasteiger partial charge in [-0.2, -0.15) is 7.74 Å². The van der Waals surface area contributed by atoms with Gasteiger partial charge in [0, 0.05) is 24.6 Å². The van der Waals surface area contributed by atoms with Gasteiger partial charge < -0.3 is 49.1 Å². The van der Waals surface area contributed by atoms with Gasteiger partial charge in [-0.3, -0.25) is 43.2 Å². The van der Waals surface area contributed by atoms with Crippen molar-refractivity contribution in [2.24, 2.45) is 118 Å². The Hall–Kier alpha value is -7.42. The highest BCUT2D eigenvalue weighted by atomic mass is 16.6. The number of cyclic esters (lactones) is 4. The Morgan fingerprint density at radius 1 is 0.477 bits per heavy atom. The first kappa shape index (κ1) is 68.1. The second-order valence-electron chi connectivity index (χ2n) is 24.2. The SMILES string of the molecule is COC(=O)[C@@H]1C2C=CC(CC2)[C@@H]1C(=O)O.COC(=O)[C@H]1C2C=CC(CC2)[C@@H]1C(=O)O.COC(=O)[C@H]1C2C=CC(CC2)[C@@H]1CC(=O)OCc1ccccc1.COC(=O)[C@H]1C2CCC(CC2)[C@@H]1N.O=C1C=CC(=O)O1.O=C1OC(=O)C2C3C=CC(CC3)C12.[B][BH3-]. The molecule has 88 heavy (non-hydrogen) atoms. The molecule has 2 aliphatic heterocycles. The van der Waals surface area contributed by atoms with E-state index < -0.39 is 47.5 Å². The summed E-state index contributed by atoms with van der Waals surface area (Å²) in [5.41, 5.74) is 7.01. The van der Waals surface area contributed by atoms with Crippen LogP contribution in [0, 0.1) is 112 Å². The summed E-state index contributed by atoms with van der Waals surface area (Å²) in [6, 6.07) is 9.67. The average Bonchev–Trinajstić information content (AvgIpc) is 1.91. The summed E-state index contributed by atoms with van der Waals surface area (Å²) < 4.78 is 33.2. The number of fused-ring (bicyclic) bond motifs is 10. The zero-order chi connectivity index (χ0) is 63.9. The van der Waals surface area contributed by atoms with E-state index in [4.69, 9.17) is 37.9 Å². The lowest BCUT2D eigenvalue weighted by Crippen LogP contribution is -2.52. The highest BCUT2D eigenvalue weighted by molar-refractivity contribution is 6.75. The molecule has 23 heteroatoms. The Labute approximate surface area is 514 Å². The fourth-order valence-corrected chi connectivity index (χ4v) is 15.6. The number of aliphatic carboxylic acids is 2. The van der Waals surface area contributed by atoms with Crippen LogP contribution in [-0.2, 0) is 92.5 Å². The first-order valence-electron chi connectivity index (χ1n) is 29.9. The highest BCUT2D eigenvalue weighted by Crippen LogP contribution is 2.51. The Kier molecular flexibility index (Phi) is 24.5. The summed E-state index contributed by atoms with van der Waals surface area (Å²) in [5, 5.41) is 18.3. The van der Waals surface area contributed by atoms with Gasteiger partial charge in [0.15, 0.2) is 0 Å². The Morgan fingerprint density at radius 3 is 1.19 bits per heavy atom. The minimum atomic E-state index is -0.885. The third-order valence-corrected chi connectivity index (χ3v) is 19.9. The van der Waals surface area contributed by atoms with E-state index in [9.17, 15) is 52.7 Å². The molecule has 1 aromatic rings. The Bertz CT molecular complexity index is 2770. The molecule has 17 aliphatic rings. The molecule has 10 unspecified atom stereocenters. The lowest BCUT2D eigenvalue weighted by molar-refractivity contribution is -0.162. The van der Waals surface area contributed by atoms with Crippen LogP contribution in [-0.4, -0.2) is 126 Å². The Balaban J connectivity index is 0.000000154. The number of carboxylic acid groups (broad SMARTS) is 2. The maximum absolute atomic E-state index is 12.2. The van der Waals surface area contributed by atoms with E-state index in [0.717, 1.165) is 81.9 Å². The number of esters is 9. The van der Waals surface area contributed by atoms with Crippen molar-refractivity contribution in [3.05, 3.63) is 96.7 Å². The number of rotatable bonds is 10. The van der Waals surface area contributed by atoms with E-state index >= 15 is 0 Å². The molecular weight excluding hydrogens is 1140 g/mol. The average molecular weight is 1220 g/mol. The summed E-state index contributed by atoms with van der Waals surface area (Å²) in [6.45, 7) is 0.277. The number of allylic oxidation sites excluding steroid dienone is 8. The molecule has 10 bridgehead atoms. The zero-order valence-corrected chi connectivity index (χ0v) is 49.5. The number of methoxy groups -OCH3 is 4. The van der Waals surface area contributed by atoms with Crippen LogP contribution in [0.25, 0.3) is 0 Å². The second-order valence-corrected chi connectivity index (χ2v) is 24.2. The van der Waals surface area contributed by atoms with Crippen molar-refractivity contribution in [3.8, 4) is 0 Å². The van der Waals surface area contributed by atoms with Crippen LogP contribution in [0.3, 0.4) is 0 Å². The topological polar surface area (TPSA) is 319 Å². The molecular formula is C65H82B2NO20-. The fourth-order valence-electron chi connectivity index (χ4n) is 15.6. The van der Waals surface area contributed by atoms with E-state index in [1.165, 1.54) is 41.3 Å². The molecule has 18 rings (SSSR count). The second kappa shape index (κ2) is 31.7. The molecule has 2 radical (unpaired) electrons. The standard InChI is InChI=1S/C19H22O4.2C11H14O4.C10H17NO2.C10H10O3.C4H2O3.B2H3/c1-22-19(21)18-15-9-7-14(8-10-15)16(18)11-17(20)23-12-13-5-3-2-4-6-13;2*1-15-11(14)9-7-4-2-6(3-5-7)8(9)10(12)13;1-13-10(12)8-6-2-4-7(5-3-6)9(8)11;11-9-7-5-1-2-6(4-3-5)8(7)10(12)13-9;5-3-1-2-4(6)7-3;1-2/h2-7,9,14-16,18H,8,10-12H2,1H3;2*2,4,6-9H,3,5H2,1H3,(H,12,13);6-9H,2-5,11H2,1H3;1-2,5-8H,3-4H2;1-2H;1H3/q;;;;;;-1/t14?,15?,16-,18-;6?,7?,8-,9+;2*6?,7?,8-,9-;;;/m0000.../s1. The van der Waals surface area contributed by atoms with Crippen molar-refractivity contribution >= 4 is 81.1 Å². The third kappa shape index (κ3) is 15.9. The zero-order valence-electron chi connectivity index (χ0n) is 49.5. The van der Waals surface area contributed by atoms with Gasteiger partial charge in [0.1, 0.15) is 6.61 Å². The molecule has 15 aliphatic carbocycles. The molecule has 474 valence electrons. The van der Waals surface area contributed by atoms with Crippen molar-refractivity contribution in [1.82, 2.24) is 0 Å². The summed E-state index contributed by atoms with van der Waals surface area (Å²) >= 11 is 0. The minimum Gasteiger partial charge on any atom is -0.481 e. The van der Waals surface area contributed by atoms with Crippen LogP contribution in [0.2, 0.25) is 0 Å². The van der Waals surface area contributed by atoms with Crippen LogP contribution in [0.1, 0.15) is 89.0 Å². The quantitative estimate of drug-likeness (QED) is 0.0897. The molecule has 0 aromatic heterocycles. The minimum absolute atomic E-state index is 0.00315. The monoisotopic (exact) mass is 1220 g/mol. The number of carbonyl (C=O) groups is 11. The van der Waals surface area contributed by atoms with Crippen LogP contribution in [0.4, 0.5) is 0 Å². The smallest absolute Gasteiger partial charge is 0.338 e. The summed E-state index contributed by atoms with van der Waals surface area (Å²) in [7, 11) is 10.5. The van der Waals surface area contributed by atoms with E-state index in [-0.39, 0.29) is 146 Å². The van der Waals surface area contributed by atoms with Gasteiger partial charge in [-0.15, -0.1) is 0 Å². The Morgan fingerprint density at radius 2 is 0.830 bits per heavy atom. The van der Waals surface area contributed by atoms with Gasteiger partial charge in [-0.25, -0.2) is 9.59 Å². The summed E-state index contributed by atoms with van der Waals surface area (Å²) in [5.74, 6) is -5.43. The van der Waals surface area contributed by atoms with E-state index in [1.54, 1.807) is 0 Å². The fraction of sp³-hybridized carbons (Fsp3) is 0.585. The van der Waals surface area contributed by atoms with Gasteiger partial charge >= 0.3 is 65.7 Å². The van der Waals surface area contributed by atoms with Crippen molar-refractivity contribution in [2.45, 2.75) is 96.1 Å². The number of carbonyl (C=O) groups excluding carboxylic acids is 9. The van der Waals surface area contributed by atoms with Crippen molar-refractivity contribution < 1.29 is 96.1 Å². The number of benzene rings is 1. The van der Waals surface area contributed by atoms with Crippen LogP contribution >= 0.6 is 0 Å². The predicted octanol–water partition coefficient (Wildman–Crippen LogP) is 5.15. The summed E-state index contributed by atoms with van der Waals surface area (Å²) in [6.07, 6.45) is 31.0. The maximum Gasteiger partial charge on any atom is 0.338 e. The van der Waals surface area contributed by atoms with E-state index in [1.807, 2.05) is 54.6 Å². The molecule has 2 heterocycles. The lowest BCUT2D eigenvalue weighted by Gasteiger charge is -2.45. The number of nitrogens with two attached hydrogens (primary N) is 1. The molecule has 1 saturated heterocycles. The molecule has 8 fully saturated rings. The van der Waals surface area contributed by atoms with Gasteiger partial charge in [0.25, 0.3) is 0 Å². The number of ether oxygens (including phenoxy) is 7. The van der Waals surface area contributed by atoms with Gasteiger partial charge in [0.05, 0.1) is 75.8 Å². The van der Waals surface area contributed by atoms with Crippen LogP contribution in [0.15, 0.2) is 91.1 Å². The lowest BCUT2D eigenvalue weighted by atomic mass is 9.61. The van der Waals surface area contributed by atoms with Gasteiger partial charge in [-0.1, -0.05) is 86.7 Å². The summed E-state index contributed by atoms with van der Waals surface area (Å²) in [4.78, 5) is 124. The van der Waals surface area contributed by atoms with Crippen molar-refractivity contribution in [1.29, 1.82) is 0 Å². The van der Waals surface area contributed by atoms with E-state index in [0.29, 0.717) is 11.8 Å². The van der Waals surface area contributed by atoms with Gasteiger partial charge in [-0.05, 0) is 148 Å². The predicted molar refractivity (Wildman–Crippen MR) is 317 cm³/mol. The maximum atomic E-state index is 12.2. The largest absolute Gasteiger partial charge is 0.481 e. The molecule has 1 aromatic carbocycles.